The smallest absolute Gasteiger partial charge is 0.258 e. The number of carbonyl (C=O) groups is 2. The van der Waals surface area contributed by atoms with Crippen molar-refractivity contribution in [2.75, 3.05) is 32.1 Å². The number of aromatic nitrogens is 1. The summed E-state index contributed by atoms with van der Waals surface area (Å²) in [5.41, 5.74) is 2.10. The molecule has 0 spiro atoms. The molecule has 1 aromatic carbocycles. The van der Waals surface area contributed by atoms with Crippen LogP contribution in [0.15, 0.2) is 42.7 Å². The maximum Gasteiger partial charge on any atom is 0.258 e. The molecule has 2 N–H and O–H groups in total. The summed E-state index contributed by atoms with van der Waals surface area (Å²) in [6.45, 7) is 5.63. The third kappa shape index (κ3) is 6.67. The van der Waals surface area contributed by atoms with Gasteiger partial charge in [0.2, 0.25) is 5.91 Å². The summed E-state index contributed by atoms with van der Waals surface area (Å²) in [7, 11) is 2.05. The number of hydrogen-bond donors (Lipinski definition) is 2. The molecule has 2 amide bonds. The van der Waals surface area contributed by atoms with Crippen LogP contribution in [0.4, 0.5) is 5.69 Å². The summed E-state index contributed by atoms with van der Waals surface area (Å²) in [5.74, 6) is 0.196. The van der Waals surface area contributed by atoms with Crippen LogP contribution in [0, 0.1) is 11.8 Å². The average molecular weight is 509 g/mol. The molecule has 1 aliphatic carbocycles. The second kappa shape index (κ2) is 12.5. The quantitative estimate of drug-likeness (QED) is 0.561. The number of anilines is 1. The highest BCUT2D eigenvalue weighted by Gasteiger charge is 2.35. The molecule has 0 radical (unpaired) electrons. The summed E-state index contributed by atoms with van der Waals surface area (Å²) in [5, 5.41) is 13.0. The third-order valence-corrected chi connectivity index (χ3v) is 7.62. The molecule has 1 saturated carbocycles. The monoisotopic (exact) mass is 508 g/mol. The van der Waals surface area contributed by atoms with Crippen LogP contribution < -0.4 is 10.1 Å². The van der Waals surface area contributed by atoms with Gasteiger partial charge in [-0.05, 0) is 56.6 Å². The number of aliphatic hydroxyl groups excluding tert-OH is 1. The number of aliphatic hydroxyl groups is 1. The maximum absolute atomic E-state index is 13.7. The van der Waals surface area contributed by atoms with Gasteiger partial charge in [0.25, 0.3) is 5.91 Å². The van der Waals surface area contributed by atoms with Gasteiger partial charge < -0.3 is 20.1 Å². The summed E-state index contributed by atoms with van der Waals surface area (Å²) >= 11 is 0. The van der Waals surface area contributed by atoms with Gasteiger partial charge in [-0.15, -0.1) is 0 Å². The minimum absolute atomic E-state index is 0.00640. The van der Waals surface area contributed by atoms with Gasteiger partial charge in [-0.25, -0.2) is 0 Å². The number of carbonyl (C=O) groups excluding carboxylic acids is 2. The standard InChI is InChI=1S/C29H40N4O4/c1-20-16-33(21(2)19-34)29(36)24-10-7-11-25(31-28(35)23-8-5-4-6-9-23)27(24)37-26(20)18-32(3)17-22-12-14-30-15-13-22/h7,10-15,20-21,23,26,34H,4-6,8-9,16-19H2,1-3H3,(H,31,35)/t20-,21+,26+/m0/s1. The molecule has 3 atom stereocenters. The van der Waals surface area contributed by atoms with Gasteiger partial charge in [-0.2, -0.15) is 0 Å². The number of hydrogen-bond acceptors (Lipinski definition) is 6. The van der Waals surface area contributed by atoms with Crippen LogP contribution in [0.5, 0.6) is 5.75 Å². The van der Waals surface area contributed by atoms with Gasteiger partial charge in [0.05, 0.1) is 23.9 Å². The number of fused-ring (bicyclic) bond motifs is 1. The number of benzene rings is 1. The fourth-order valence-corrected chi connectivity index (χ4v) is 5.33. The maximum atomic E-state index is 13.7. The van der Waals surface area contributed by atoms with Gasteiger partial charge in [0, 0.05) is 43.9 Å². The van der Waals surface area contributed by atoms with Crippen LogP contribution in [-0.4, -0.2) is 70.6 Å². The lowest BCUT2D eigenvalue weighted by Gasteiger charge is -2.38. The van der Waals surface area contributed by atoms with Crippen molar-refractivity contribution in [1.29, 1.82) is 0 Å². The molecule has 8 nitrogen and oxygen atoms in total. The predicted octanol–water partition coefficient (Wildman–Crippen LogP) is 3.95. The Morgan fingerprint density at radius 1 is 1.22 bits per heavy atom. The van der Waals surface area contributed by atoms with Crippen LogP contribution in [0.3, 0.4) is 0 Å². The van der Waals surface area contributed by atoms with Crippen molar-refractivity contribution < 1.29 is 19.4 Å². The van der Waals surface area contributed by atoms with E-state index in [9.17, 15) is 14.7 Å². The lowest BCUT2D eigenvalue weighted by molar-refractivity contribution is -0.120. The first kappa shape index (κ1) is 27.1. The molecule has 0 bridgehead atoms. The van der Waals surface area contributed by atoms with Crippen molar-refractivity contribution in [3.63, 3.8) is 0 Å². The Balaban J connectivity index is 1.63. The van der Waals surface area contributed by atoms with Gasteiger partial charge in [0.15, 0.2) is 5.75 Å². The van der Waals surface area contributed by atoms with Gasteiger partial charge in [0.1, 0.15) is 6.10 Å². The number of likely N-dealkylation sites (N-methyl/N-ethyl adjacent to an activating group) is 1. The zero-order valence-electron chi connectivity index (χ0n) is 22.2. The van der Waals surface area contributed by atoms with Gasteiger partial charge in [-0.3, -0.25) is 19.5 Å². The van der Waals surface area contributed by atoms with E-state index in [0.29, 0.717) is 30.1 Å². The van der Waals surface area contributed by atoms with E-state index in [1.165, 1.54) is 6.42 Å². The van der Waals surface area contributed by atoms with Crippen LogP contribution in [-0.2, 0) is 11.3 Å². The highest BCUT2D eigenvalue weighted by molar-refractivity contribution is 6.02. The molecule has 37 heavy (non-hydrogen) atoms. The number of para-hydroxylation sites is 1. The van der Waals surface area contributed by atoms with E-state index >= 15 is 0 Å². The molecule has 1 aromatic heterocycles. The molecule has 0 unspecified atom stereocenters. The normalized spacial score (nSPS) is 21.5. The molecule has 1 aliphatic heterocycles. The molecule has 2 aliphatic rings. The Kier molecular flexibility index (Phi) is 9.16. The van der Waals surface area contributed by atoms with Gasteiger partial charge >= 0.3 is 0 Å². The van der Waals surface area contributed by atoms with E-state index < -0.39 is 0 Å². The number of pyridine rings is 1. The SMILES string of the molecule is C[C@H](CO)N1C[C@H](C)[C@@H](CN(C)Cc2ccncc2)Oc2c(NC(=O)C3CCCCC3)cccc2C1=O. The zero-order chi connectivity index (χ0) is 26.4. The number of nitrogens with zero attached hydrogens (tertiary/aromatic N) is 3. The molecule has 2 heterocycles. The number of nitrogens with one attached hydrogen (secondary N) is 1. The molecule has 200 valence electrons. The Morgan fingerprint density at radius 2 is 1.95 bits per heavy atom. The van der Waals surface area contributed by atoms with E-state index in [1.54, 1.807) is 29.4 Å². The molecule has 8 heteroatoms. The van der Waals surface area contributed by atoms with E-state index in [-0.39, 0.29) is 42.4 Å². The molecule has 1 fully saturated rings. The molecule has 0 saturated heterocycles. The third-order valence-electron chi connectivity index (χ3n) is 7.62. The minimum Gasteiger partial charge on any atom is -0.486 e. The summed E-state index contributed by atoms with van der Waals surface area (Å²) in [4.78, 5) is 34.8. The van der Waals surface area contributed by atoms with Crippen LogP contribution >= 0.6 is 0 Å². The van der Waals surface area contributed by atoms with Crippen molar-refractivity contribution in [2.45, 2.75) is 64.6 Å². The molecule has 2 aromatic rings. The lowest BCUT2D eigenvalue weighted by Crippen LogP contribution is -2.49. The first-order chi connectivity index (χ1) is 17.9. The first-order valence-corrected chi connectivity index (χ1v) is 13.5. The molecular weight excluding hydrogens is 468 g/mol. The highest BCUT2D eigenvalue weighted by Crippen LogP contribution is 2.36. The van der Waals surface area contributed by atoms with Crippen molar-refractivity contribution >= 4 is 17.5 Å². The number of ether oxygens (including phenoxy) is 1. The second-order valence-corrected chi connectivity index (χ2v) is 10.7. The molecule has 4 rings (SSSR count). The Labute approximate surface area is 220 Å². The fraction of sp³-hybridized carbons (Fsp3) is 0.552. The van der Waals surface area contributed by atoms with Crippen LogP contribution in [0.2, 0.25) is 0 Å². The van der Waals surface area contributed by atoms with Crippen molar-refractivity contribution in [2.24, 2.45) is 11.8 Å². The summed E-state index contributed by atoms with van der Waals surface area (Å²) in [6, 6.07) is 9.01. The Hall–Kier alpha value is -2.97. The Morgan fingerprint density at radius 3 is 2.65 bits per heavy atom. The average Bonchev–Trinajstić information content (AvgIpc) is 2.91. The first-order valence-electron chi connectivity index (χ1n) is 13.5. The fourth-order valence-electron chi connectivity index (χ4n) is 5.33. The van der Waals surface area contributed by atoms with E-state index in [4.69, 9.17) is 4.74 Å². The van der Waals surface area contributed by atoms with E-state index in [0.717, 1.165) is 37.8 Å². The largest absolute Gasteiger partial charge is 0.486 e. The van der Waals surface area contributed by atoms with Crippen molar-refractivity contribution in [1.82, 2.24) is 14.8 Å². The topological polar surface area (TPSA) is 95.0 Å². The number of amides is 2. The van der Waals surface area contributed by atoms with E-state index in [1.807, 2.05) is 32.2 Å². The highest BCUT2D eigenvalue weighted by atomic mass is 16.5. The summed E-state index contributed by atoms with van der Waals surface area (Å²) < 4.78 is 6.63. The second-order valence-electron chi connectivity index (χ2n) is 10.7. The van der Waals surface area contributed by atoms with Crippen molar-refractivity contribution in [3.8, 4) is 5.75 Å². The molecular formula is C29H40N4O4. The van der Waals surface area contributed by atoms with Crippen molar-refractivity contribution in [3.05, 3.63) is 53.9 Å². The Bertz CT molecular complexity index is 1060. The van der Waals surface area contributed by atoms with Crippen LogP contribution in [0.25, 0.3) is 0 Å². The van der Waals surface area contributed by atoms with E-state index in [2.05, 4.69) is 22.1 Å². The lowest BCUT2D eigenvalue weighted by atomic mass is 9.88. The van der Waals surface area contributed by atoms with Crippen LogP contribution in [0.1, 0.15) is 61.9 Å². The number of rotatable bonds is 8. The minimum atomic E-state index is -0.336. The predicted molar refractivity (Wildman–Crippen MR) is 143 cm³/mol. The van der Waals surface area contributed by atoms with Gasteiger partial charge in [-0.1, -0.05) is 32.3 Å². The zero-order valence-corrected chi connectivity index (χ0v) is 22.2. The summed E-state index contributed by atoms with van der Waals surface area (Å²) in [6.07, 6.45) is 8.43.